The molecule has 2 aliphatic heterocycles. The van der Waals surface area contributed by atoms with Gasteiger partial charge in [-0.1, -0.05) is 66.7 Å². The van der Waals surface area contributed by atoms with Crippen LogP contribution in [0.5, 0.6) is 0 Å². The van der Waals surface area contributed by atoms with Gasteiger partial charge in [-0.25, -0.2) is 0 Å². The number of hydrogen-bond acceptors (Lipinski definition) is 0. The quantitative estimate of drug-likeness (QED) is 0.167. The van der Waals surface area contributed by atoms with Crippen molar-refractivity contribution in [2.24, 2.45) is 0 Å². The molecular weight excluding hydrogens is 376 g/mol. The standard InChI is InChI=1S/C26H22S2/c1-2-7-22(8-3-1)27(15-16-27)28(17-18-28)24-14-12-21-10-9-19-5-4-6-20-11-13-23(24)26(21)25(19)20/h1-14H,15-18H2. The molecule has 5 aromatic carbocycles. The molecule has 0 saturated carbocycles. The SMILES string of the molecule is c1ccc(S2(S3(c4ccc5ccc6cccc7ccc4c5c67)CC3)CC2)cc1. The summed E-state index contributed by atoms with van der Waals surface area (Å²) in [5.41, 5.74) is 0. The molecule has 0 bridgehead atoms. The van der Waals surface area contributed by atoms with Gasteiger partial charge in [0, 0.05) is 4.90 Å². The third kappa shape index (κ3) is 1.86. The third-order valence-corrected chi connectivity index (χ3v) is 19.4. The summed E-state index contributed by atoms with van der Waals surface area (Å²) in [4.78, 5) is 3.39. The summed E-state index contributed by atoms with van der Waals surface area (Å²) in [5, 5.41) is 8.68. The summed E-state index contributed by atoms with van der Waals surface area (Å²) in [6.07, 6.45) is 0. The maximum Gasteiger partial charge on any atom is 0.00583 e. The fraction of sp³-hybridized carbons (Fsp3) is 0.154. The van der Waals surface area contributed by atoms with Gasteiger partial charge in [0.05, 0.1) is 0 Å². The largest absolute Gasteiger partial charge is 0.177 e. The van der Waals surface area contributed by atoms with Crippen molar-refractivity contribution in [3.63, 3.8) is 0 Å². The molecule has 0 spiro atoms. The molecular formula is C26H22S2. The average Bonchev–Trinajstić information content (AvgIpc) is 3.67. The molecule has 2 fully saturated rings. The average molecular weight is 399 g/mol. The van der Waals surface area contributed by atoms with Crippen molar-refractivity contribution >= 4 is 50.4 Å². The van der Waals surface area contributed by atoms with Crippen LogP contribution in [0.25, 0.3) is 32.3 Å². The van der Waals surface area contributed by atoms with Crippen LogP contribution in [0.15, 0.2) is 94.7 Å². The predicted molar refractivity (Wildman–Crippen MR) is 128 cm³/mol. The molecule has 0 radical (unpaired) electrons. The molecule has 0 nitrogen and oxygen atoms in total. The van der Waals surface area contributed by atoms with Crippen molar-refractivity contribution in [2.45, 2.75) is 9.79 Å². The zero-order chi connectivity index (χ0) is 18.3. The van der Waals surface area contributed by atoms with E-state index in [4.69, 9.17) is 0 Å². The summed E-state index contributed by atoms with van der Waals surface area (Å²) >= 11 is 0. The van der Waals surface area contributed by atoms with E-state index in [9.17, 15) is 0 Å². The molecule has 0 atom stereocenters. The van der Waals surface area contributed by atoms with Crippen LogP contribution >= 0.6 is 18.1 Å². The fourth-order valence-electron chi connectivity index (χ4n) is 5.30. The minimum Gasteiger partial charge on any atom is -0.177 e. The predicted octanol–water partition coefficient (Wildman–Crippen LogP) is 7.55. The summed E-state index contributed by atoms with van der Waals surface area (Å²) in [6.45, 7) is 0. The Morgan fingerprint density at radius 2 is 1.07 bits per heavy atom. The highest BCUT2D eigenvalue weighted by Crippen LogP contribution is 3.01. The molecule has 2 aliphatic rings. The van der Waals surface area contributed by atoms with Crippen molar-refractivity contribution in [3.8, 4) is 0 Å². The van der Waals surface area contributed by atoms with Crippen molar-refractivity contribution in [1.82, 2.24) is 0 Å². The molecule has 0 N–H and O–H groups in total. The Hall–Kier alpha value is -2.16. The first-order chi connectivity index (χ1) is 13.8. The molecule has 5 aromatic rings. The van der Waals surface area contributed by atoms with E-state index in [1.165, 1.54) is 49.9 Å². The Morgan fingerprint density at radius 3 is 1.75 bits per heavy atom. The Kier molecular flexibility index (Phi) is 2.95. The lowest BCUT2D eigenvalue weighted by Crippen LogP contribution is -1.93. The molecule has 138 valence electrons. The number of benzene rings is 5. The van der Waals surface area contributed by atoms with Crippen molar-refractivity contribution in [1.29, 1.82) is 0 Å². The van der Waals surface area contributed by atoms with Gasteiger partial charge in [-0.2, -0.15) is 18.1 Å². The van der Waals surface area contributed by atoms with Gasteiger partial charge in [-0.15, -0.1) is 0 Å². The first-order valence-electron chi connectivity index (χ1n) is 10.1. The second-order valence-electron chi connectivity index (χ2n) is 8.17. The van der Waals surface area contributed by atoms with Crippen LogP contribution in [0.2, 0.25) is 0 Å². The third-order valence-electron chi connectivity index (χ3n) is 6.82. The normalized spacial score (nSPS) is 21.7. The van der Waals surface area contributed by atoms with Gasteiger partial charge < -0.3 is 0 Å². The zero-order valence-electron chi connectivity index (χ0n) is 15.7. The van der Waals surface area contributed by atoms with E-state index in [0.29, 0.717) is 0 Å². The monoisotopic (exact) mass is 398 g/mol. The maximum absolute atomic E-state index is 2.51. The molecule has 2 heterocycles. The maximum atomic E-state index is 2.51. The lowest BCUT2D eigenvalue weighted by atomic mass is 9.94. The second-order valence-corrected chi connectivity index (χ2v) is 17.8. The summed E-state index contributed by atoms with van der Waals surface area (Å²) < 4.78 is 0. The highest BCUT2D eigenvalue weighted by Gasteiger charge is 2.60. The van der Waals surface area contributed by atoms with Crippen LogP contribution in [0.1, 0.15) is 0 Å². The van der Waals surface area contributed by atoms with Crippen LogP contribution in [-0.4, -0.2) is 23.0 Å². The molecule has 7 rings (SSSR count). The second kappa shape index (κ2) is 5.25. The van der Waals surface area contributed by atoms with Crippen molar-refractivity contribution in [2.75, 3.05) is 23.0 Å². The van der Waals surface area contributed by atoms with E-state index in [1.54, 1.807) is 15.2 Å². The van der Waals surface area contributed by atoms with Gasteiger partial charge in [-0.05, 0) is 78.4 Å². The number of rotatable bonds is 3. The first-order valence-corrected chi connectivity index (χ1v) is 14.6. The van der Waals surface area contributed by atoms with Crippen LogP contribution in [-0.2, 0) is 0 Å². The van der Waals surface area contributed by atoms with Crippen LogP contribution in [0, 0.1) is 0 Å². The van der Waals surface area contributed by atoms with Gasteiger partial charge >= 0.3 is 0 Å². The molecule has 2 saturated heterocycles. The van der Waals surface area contributed by atoms with Crippen LogP contribution in [0.3, 0.4) is 0 Å². The van der Waals surface area contributed by atoms with E-state index in [2.05, 4.69) is 84.9 Å². The van der Waals surface area contributed by atoms with E-state index in [1.807, 2.05) is 0 Å². The highest BCUT2D eigenvalue weighted by molar-refractivity contribution is 9.13. The van der Waals surface area contributed by atoms with E-state index in [-0.39, 0.29) is 0 Å². The smallest absolute Gasteiger partial charge is 0.00583 e. The Bertz CT molecular complexity index is 1350. The van der Waals surface area contributed by atoms with Crippen LogP contribution in [0.4, 0.5) is 0 Å². The highest BCUT2D eigenvalue weighted by atomic mass is 33.2. The minimum atomic E-state index is -0.672. The molecule has 2 heteroatoms. The van der Waals surface area contributed by atoms with Gasteiger partial charge in [0.1, 0.15) is 0 Å². The summed E-state index contributed by atoms with van der Waals surface area (Å²) in [7, 11) is -1.29. The van der Waals surface area contributed by atoms with Gasteiger partial charge in [0.25, 0.3) is 0 Å². The molecule has 28 heavy (non-hydrogen) atoms. The molecule has 0 aliphatic carbocycles. The Morgan fingerprint density at radius 1 is 0.464 bits per heavy atom. The van der Waals surface area contributed by atoms with Crippen LogP contribution < -0.4 is 0 Å². The zero-order valence-corrected chi connectivity index (χ0v) is 17.4. The summed E-state index contributed by atoms with van der Waals surface area (Å²) in [5.74, 6) is 5.80. The Labute approximate surface area is 167 Å². The lowest BCUT2D eigenvalue weighted by Gasteiger charge is -2.38. The lowest BCUT2D eigenvalue weighted by molar-refractivity contribution is 1.46. The molecule has 0 amide bonds. The topological polar surface area (TPSA) is 0 Å². The van der Waals surface area contributed by atoms with E-state index < -0.39 is 18.1 Å². The Balaban J connectivity index is 1.54. The van der Waals surface area contributed by atoms with Gasteiger partial charge in [-0.3, -0.25) is 0 Å². The molecule has 0 aromatic heterocycles. The van der Waals surface area contributed by atoms with Crippen molar-refractivity contribution in [3.05, 3.63) is 84.9 Å². The van der Waals surface area contributed by atoms with Gasteiger partial charge in [0.15, 0.2) is 0 Å². The molecule has 0 unspecified atom stereocenters. The minimum absolute atomic E-state index is 0.615. The first kappa shape index (κ1) is 15.7. The fourth-order valence-corrected chi connectivity index (χ4v) is 18.9. The van der Waals surface area contributed by atoms with E-state index >= 15 is 0 Å². The number of hydrogen-bond donors (Lipinski definition) is 0. The van der Waals surface area contributed by atoms with Gasteiger partial charge in [0.2, 0.25) is 0 Å². The van der Waals surface area contributed by atoms with E-state index in [0.717, 1.165) is 0 Å². The summed E-state index contributed by atoms with van der Waals surface area (Å²) in [6, 6.07) is 32.6. The van der Waals surface area contributed by atoms with Crippen molar-refractivity contribution < 1.29 is 0 Å².